The summed E-state index contributed by atoms with van der Waals surface area (Å²) in [6.07, 6.45) is 2.77. The van der Waals surface area contributed by atoms with Gasteiger partial charge >= 0.3 is 0 Å². The monoisotopic (exact) mass is 290 g/mol. The van der Waals surface area contributed by atoms with Gasteiger partial charge in [-0.15, -0.1) is 11.3 Å². The summed E-state index contributed by atoms with van der Waals surface area (Å²) in [5.41, 5.74) is 3.32. The van der Waals surface area contributed by atoms with Crippen LogP contribution in [0.2, 0.25) is 0 Å². The Balaban J connectivity index is 2.28. The number of likely N-dealkylation sites (N-methyl/N-ethyl adjacent to an activating group) is 1. The van der Waals surface area contributed by atoms with Gasteiger partial charge in [-0.05, 0) is 40.0 Å². The Kier molecular flexibility index (Phi) is 4.78. The fraction of sp³-hybridized carbons (Fsp3) is 0.438. The zero-order valence-electron chi connectivity index (χ0n) is 12.8. The van der Waals surface area contributed by atoms with E-state index in [-0.39, 0.29) is 0 Å². The van der Waals surface area contributed by atoms with Crippen molar-refractivity contribution in [3.8, 4) is 5.75 Å². The highest BCUT2D eigenvalue weighted by Crippen LogP contribution is 2.29. The van der Waals surface area contributed by atoms with Crippen LogP contribution in [-0.2, 0) is 6.42 Å². The SMILES string of the molecule is CNC(Cc1ncc(C)c(OC)c1C)c1ccc(C)s1. The average Bonchev–Trinajstić information content (AvgIpc) is 2.85. The molecule has 1 unspecified atom stereocenters. The van der Waals surface area contributed by atoms with Crippen LogP contribution in [0.4, 0.5) is 0 Å². The van der Waals surface area contributed by atoms with E-state index in [0.29, 0.717) is 6.04 Å². The molecule has 0 saturated heterocycles. The minimum Gasteiger partial charge on any atom is -0.496 e. The Bertz CT molecular complexity index is 592. The van der Waals surface area contributed by atoms with E-state index < -0.39 is 0 Å². The number of hydrogen-bond acceptors (Lipinski definition) is 4. The molecule has 0 amide bonds. The second-order valence-electron chi connectivity index (χ2n) is 5.04. The molecule has 2 heterocycles. The Labute approximate surface area is 125 Å². The van der Waals surface area contributed by atoms with Gasteiger partial charge in [-0.1, -0.05) is 0 Å². The first kappa shape index (κ1) is 15.0. The van der Waals surface area contributed by atoms with Gasteiger partial charge in [0.25, 0.3) is 0 Å². The van der Waals surface area contributed by atoms with Crippen molar-refractivity contribution in [1.29, 1.82) is 0 Å². The van der Waals surface area contributed by atoms with Crippen LogP contribution in [0, 0.1) is 20.8 Å². The predicted octanol–water partition coefficient (Wildman–Crippen LogP) is 3.58. The summed E-state index contributed by atoms with van der Waals surface area (Å²) in [7, 11) is 3.72. The van der Waals surface area contributed by atoms with E-state index in [0.717, 1.165) is 29.0 Å². The highest BCUT2D eigenvalue weighted by Gasteiger charge is 2.16. The van der Waals surface area contributed by atoms with Gasteiger partial charge in [0.1, 0.15) is 5.75 Å². The van der Waals surface area contributed by atoms with Gasteiger partial charge in [0.05, 0.1) is 7.11 Å². The summed E-state index contributed by atoms with van der Waals surface area (Å²) in [6, 6.07) is 4.66. The van der Waals surface area contributed by atoms with Crippen LogP contribution in [0.25, 0.3) is 0 Å². The lowest BCUT2D eigenvalue weighted by Crippen LogP contribution is -2.19. The molecule has 4 heteroatoms. The molecule has 0 spiro atoms. The third-order valence-corrected chi connectivity index (χ3v) is 4.71. The van der Waals surface area contributed by atoms with Gasteiger partial charge in [-0.2, -0.15) is 0 Å². The number of pyridine rings is 1. The molecule has 2 rings (SSSR count). The maximum Gasteiger partial charge on any atom is 0.128 e. The van der Waals surface area contributed by atoms with Gasteiger partial charge in [-0.3, -0.25) is 4.98 Å². The highest BCUT2D eigenvalue weighted by molar-refractivity contribution is 7.12. The molecule has 0 fully saturated rings. The maximum atomic E-state index is 5.48. The minimum atomic E-state index is 0.298. The zero-order valence-corrected chi connectivity index (χ0v) is 13.6. The fourth-order valence-corrected chi connectivity index (χ4v) is 3.44. The van der Waals surface area contributed by atoms with Crippen LogP contribution in [0.15, 0.2) is 18.3 Å². The number of nitrogens with one attached hydrogen (secondary N) is 1. The molecule has 0 bridgehead atoms. The average molecular weight is 290 g/mol. The lowest BCUT2D eigenvalue weighted by molar-refractivity contribution is 0.406. The van der Waals surface area contributed by atoms with E-state index in [4.69, 9.17) is 4.74 Å². The van der Waals surface area contributed by atoms with Gasteiger partial charge in [-0.25, -0.2) is 0 Å². The highest BCUT2D eigenvalue weighted by atomic mass is 32.1. The van der Waals surface area contributed by atoms with Crippen LogP contribution < -0.4 is 10.1 Å². The first-order chi connectivity index (χ1) is 9.56. The summed E-state index contributed by atoms with van der Waals surface area (Å²) in [4.78, 5) is 7.28. The summed E-state index contributed by atoms with van der Waals surface area (Å²) >= 11 is 1.84. The van der Waals surface area contributed by atoms with Crippen LogP contribution in [0.3, 0.4) is 0 Å². The summed E-state index contributed by atoms with van der Waals surface area (Å²) < 4.78 is 5.48. The molecule has 1 N–H and O–H groups in total. The molecule has 0 aromatic carbocycles. The fourth-order valence-electron chi connectivity index (χ4n) is 2.46. The van der Waals surface area contributed by atoms with Crippen LogP contribution in [-0.4, -0.2) is 19.1 Å². The quantitative estimate of drug-likeness (QED) is 0.914. The minimum absolute atomic E-state index is 0.298. The molecule has 0 aliphatic heterocycles. The Morgan fingerprint density at radius 3 is 2.60 bits per heavy atom. The number of rotatable bonds is 5. The second-order valence-corrected chi connectivity index (χ2v) is 6.36. The van der Waals surface area contributed by atoms with E-state index in [9.17, 15) is 0 Å². The summed E-state index contributed by atoms with van der Waals surface area (Å²) in [6.45, 7) is 6.25. The number of hydrogen-bond donors (Lipinski definition) is 1. The largest absolute Gasteiger partial charge is 0.496 e. The van der Waals surface area contributed by atoms with Gasteiger partial charge in [0, 0.05) is 45.2 Å². The molecule has 3 nitrogen and oxygen atoms in total. The molecular formula is C16H22N2OS. The van der Waals surface area contributed by atoms with Crippen molar-refractivity contribution in [3.63, 3.8) is 0 Å². The molecule has 0 aliphatic carbocycles. The van der Waals surface area contributed by atoms with Crippen molar-refractivity contribution in [3.05, 3.63) is 44.9 Å². The van der Waals surface area contributed by atoms with Gasteiger partial charge in [0.2, 0.25) is 0 Å². The van der Waals surface area contributed by atoms with Crippen molar-refractivity contribution < 1.29 is 4.74 Å². The van der Waals surface area contributed by atoms with Crippen LogP contribution in [0.1, 0.15) is 32.6 Å². The summed E-state index contributed by atoms with van der Waals surface area (Å²) in [5.74, 6) is 0.951. The number of nitrogens with zero attached hydrogens (tertiary/aromatic N) is 1. The lowest BCUT2D eigenvalue weighted by Gasteiger charge is -2.17. The molecule has 0 saturated carbocycles. The number of aryl methyl sites for hydroxylation is 2. The van der Waals surface area contributed by atoms with E-state index in [1.54, 1.807) is 7.11 Å². The molecule has 2 aromatic heterocycles. The van der Waals surface area contributed by atoms with Crippen molar-refractivity contribution in [1.82, 2.24) is 10.3 Å². The van der Waals surface area contributed by atoms with Crippen LogP contribution in [0.5, 0.6) is 5.75 Å². The summed E-state index contributed by atoms with van der Waals surface area (Å²) in [5, 5.41) is 3.39. The molecule has 108 valence electrons. The Morgan fingerprint density at radius 2 is 2.05 bits per heavy atom. The van der Waals surface area contributed by atoms with Crippen molar-refractivity contribution >= 4 is 11.3 Å². The maximum absolute atomic E-state index is 5.48. The molecule has 0 aliphatic rings. The zero-order chi connectivity index (χ0) is 14.7. The smallest absolute Gasteiger partial charge is 0.128 e. The molecular weight excluding hydrogens is 268 g/mol. The molecule has 20 heavy (non-hydrogen) atoms. The van der Waals surface area contributed by atoms with E-state index in [2.05, 4.69) is 36.3 Å². The third kappa shape index (κ3) is 3.02. The predicted molar refractivity (Wildman–Crippen MR) is 84.8 cm³/mol. The molecule has 1 atom stereocenters. The van der Waals surface area contributed by atoms with Crippen molar-refractivity contribution in [2.45, 2.75) is 33.2 Å². The van der Waals surface area contributed by atoms with E-state index >= 15 is 0 Å². The topological polar surface area (TPSA) is 34.2 Å². The van der Waals surface area contributed by atoms with E-state index in [1.807, 2.05) is 31.5 Å². The number of thiophene rings is 1. The normalized spacial score (nSPS) is 12.4. The lowest BCUT2D eigenvalue weighted by atomic mass is 10.0. The van der Waals surface area contributed by atoms with Crippen molar-refractivity contribution in [2.75, 3.05) is 14.2 Å². The third-order valence-electron chi connectivity index (χ3n) is 3.60. The first-order valence-corrected chi connectivity index (χ1v) is 7.61. The molecule has 0 radical (unpaired) electrons. The molecule has 2 aromatic rings. The van der Waals surface area contributed by atoms with Crippen molar-refractivity contribution in [2.24, 2.45) is 0 Å². The Morgan fingerprint density at radius 1 is 1.30 bits per heavy atom. The van der Waals surface area contributed by atoms with E-state index in [1.165, 1.54) is 9.75 Å². The standard InChI is InChI=1S/C16H22N2OS/c1-10-9-18-13(12(3)16(10)19-5)8-14(17-4)15-7-6-11(2)20-15/h6-7,9,14,17H,8H2,1-5H3. The van der Waals surface area contributed by atoms with Crippen LogP contribution >= 0.6 is 11.3 Å². The first-order valence-electron chi connectivity index (χ1n) is 6.79. The Hall–Kier alpha value is -1.39. The number of ether oxygens (including phenoxy) is 1. The number of methoxy groups -OCH3 is 1. The second kappa shape index (κ2) is 6.37. The van der Waals surface area contributed by atoms with Gasteiger partial charge in [0.15, 0.2) is 0 Å². The van der Waals surface area contributed by atoms with Gasteiger partial charge < -0.3 is 10.1 Å². The number of aromatic nitrogens is 1.